The Morgan fingerprint density at radius 1 is 1.00 bits per heavy atom. The van der Waals surface area contributed by atoms with E-state index in [9.17, 15) is 0 Å². The topological polar surface area (TPSA) is 62.9 Å². The zero-order valence-corrected chi connectivity index (χ0v) is 11.7. The van der Waals surface area contributed by atoms with Crippen molar-refractivity contribution < 1.29 is 18.9 Å². The first-order valence-corrected chi connectivity index (χ1v) is 6.34. The third kappa shape index (κ3) is 6.42. The monoisotopic (exact) mass is 269 g/mol. The second kappa shape index (κ2) is 9.61. The maximum atomic E-state index is 5.69. The van der Waals surface area contributed by atoms with E-state index in [-0.39, 0.29) is 0 Å². The van der Waals surface area contributed by atoms with Crippen LogP contribution in [0.25, 0.3) is 0 Å². The minimum absolute atomic E-state index is 0.515. The number of anilines is 1. The molecule has 0 aromatic heterocycles. The van der Waals surface area contributed by atoms with Crippen LogP contribution < -0.4 is 10.5 Å². The molecule has 0 fully saturated rings. The van der Waals surface area contributed by atoms with Crippen molar-refractivity contribution >= 4 is 5.69 Å². The first-order chi connectivity index (χ1) is 9.27. The minimum Gasteiger partial charge on any atom is -0.496 e. The Bertz CT molecular complexity index is 357. The average Bonchev–Trinajstić information content (AvgIpc) is 2.43. The van der Waals surface area contributed by atoms with Crippen LogP contribution in [0, 0.1) is 0 Å². The fraction of sp³-hybridized carbons (Fsp3) is 0.571. The summed E-state index contributed by atoms with van der Waals surface area (Å²) in [7, 11) is 3.29. The van der Waals surface area contributed by atoms with Crippen LogP contribution in [0.15, 0.2) is 18.2 Å². The van der Waals surface area contributed by atoms with Crippen molar-refractivity contribution in [3.8, 4) is 5.75 Å². The molecule has 5 nitrogen and oxygen atoms in total. The van der Waals surface area contributed by atoms with Gasteiger partial charge in [-0.3, -0.25) is 0 Å². The van der Waals surface area contributed by atoms with Gasteiger partial charge >= 0.3 is 0 Å². The summed E-state index contributed by atoms with van der Waals surface area (Å²) < 4.78 is 21.0. The first kappa shape index (κ1) is 15.8. The van der Waals surface area contributed by atoms with E-state index < -0.39 is 0 Å². The number of ether oxygens (including phenoxy) is 4. The highest BCUT2D eigenvalue weighted by molar-refractivity contribution is 5.48. The van der Waals surface area contributed by atoms with E-state index >= 15 is 0 Å². The van der Waals surface area contributed by atoms with Gasteiger partial charge in [-0.05, 0) is 12.5 Å². The number of hydrogen-bond donors (Lipinski definition) is 1. The molecule has 0 radical (unpaired) electrons. The van der Waals surface area contributed by atoms with Crippen LogP contribution in [0.1, 0.15) is 12.0 Å². The number of rotatable bonds is 10. The number of methoxy groups -OCH3 is 2. The van der Waals surface area contributed by atoms with Crippen LogP contribution in [0.4, 0.5) is 5.69 Å². The van der Waals surface area contributed by atoms with Crippen molar-refractivity contribution in [2.24, 2.45) is 0 Å². The Hall–Kier alpha value is -1.30. The molecule has 0 aliphatic heterocycles. The lowest BCUT2D eigenvalue weighted by atomic mass is 10.2. The predicted octanol–water partition coefficient (Wildman–Crippen LogP) is 1.85. The standard InChI is InChI=1S/C14H23NO4/c1-16-8-9-18-6-3-7-19-11-12-4-5-13(15)10-14(12)17-2/h4-5,10H,3,6-9,11,15H2,1-2H3. The summed E-state index contributed by atoms with van der Waals surface area (Å²) in [4.78, 5) is 0. The SMILES string of the molecule is COCCOCCCOCc1ccc(N)cc1OC. The minimum atomic E-state index is 0.515. The van der Waals surface area contributed by atoms with Gasteiger partial charge in [-0.2, -0.15) is 0 Å². The zero-order valence-electron chi connectivity index (χ0n) is 11.7. The first-order valence-electron chi connectivity index (χ1n) is 6.34. The van der Waals surface area contributed by atoms with Gasteiger partial charge in [0.1, 0.15) is 5.75 Å². The quantitative estimate of drug-likeness (QED) is 0.519. The van der Waals surface area contributed by atoms with E-state index in [0.717, 1.165) is 17.7 Å². The van der Waals surface area contributed by atoms with Gasteiger partial charge in [-0.15, -0.1) is 0 Å². The van der Waals surface area contributed by atoms with E-state index in [1.165, 1.54) is 0 Å². The van der Waals surface area contributed by atoms with Crippen molar-refractivity contribution in [2.75, 3.05) is 46.4 Å². The van der Waals surface area contributed by atoms with Gasteiger partial charge in [0.15, 0.2) is 0 Å². The number of hydrogen-bond acceptors (Lipinski definition) is 5. The fourth-order valence-electron chi connectivity index (χ4n) is 1.57. The highest BCUT2D eigenvalue weighted by Crippen LogP contribution is 2.22. The molecule has 0 amide bonds. The third-order valence-electron chi connectivity index (χ3n) is 2.58. The van der Waals surface area contributed by atoms with Crippen LogP contribution in [0.3, 0.4) is 0 Å². The molecule has 0 aliphatic rings. The van der Waals surface area contributed by atoms with E-state index in [1.54, 1.807) is 20.3 Å². The van der Waals surface area contributed by atoms with Gasteiger partial charge in [0.25, 0.3) is 0 Å². The molecule has 1 aromatic carbocycles. The van der Waals surface area contributed by atoms with Crippen LogP contribution in [0.5, 0.6) is 5.75 Å². The van der Waals surface area contributed by atoms with Crippen LogP contribution >= 0.6 is 0 Å². The molecule has 0 spiro atoms. The van der Waals surface area contributed by atoms with E-state index in [1.807, 2.05) is 12.1 Å². The lowest BCUT2D eigenvalue weighted by Gasteiger charge is -2.10. The molecule has 1 rings (SSSR count). The van der Waals surface area contributed by atoms with Crippen LogP contribution in [-0.4, -0.2) is 40.6 Å². The normalized spacial score (nSPS) is 10.6. The lowest BCUT2D eigenvalue weighted by molar-refractivity contribution is 0.0480. The van der Waals surface area contributed by atoms with Crippen LogP contribution in [0.2, 0.25) is 0 Å². The van der Waals surface area contributed by atoms with Crippen molar-refractivity contribution in [1.29, 1.82) is 0 Å². The number of nitrogen functional groups attached to an aromatic ring is 1. The van der Waals surface area contributed by atoms with Crippen molar-refractivity contribution in [2.45, 2.75) is 13.0 Å². The summed E-state index contributed by atoms with van der Waals surface area (Å²) in [5, 5.41) is 0. The van der Waals surface area contributed by atoms with Gasteiger partial charge in [0, 0.05) is 37.6 Å². The maximum Gasteiger partial charge on any atom is 0.126 e. The Morgan fingerprint density at radius 2 is 1.79 bits per heavy atom. The summed E-state index contributed by atoms with van der Waals surface area (Å²) >= 11 is 0. The second-order valence-electron chi connectivity index (χ2n) is 4.08. The highest BCUT2D eigenvalue weighted by Gasteiger charge is 2.03. The highest BCUT2D eigenvalue weighted by atomic mass is 16.5. The molecule has 108 valence electrons. The van der Waals surface area contributed by atoms with E-state index in [0.29, 0.717) is 38.7 Å². The second-order valence-corrected chi connectivity index (χ2v) is 4.08. The summed E-state index contributed by atoms with van der Waals surface area (Å²) in [6.45, 7) is 3.11. The van der Waals surface area contributed by atoms with Gasteiger partial charge in [-0.1, -0.05) is 6.07 Å². The molecule has 5 heteroatoms. The molecule has 0 heterocycles. The summed E-state index contributed by atoms with van der Waals surface area (Å²) in [6.07, 6.45) is 0.862. The Kier molecular flexibility index (Phi) is 7.97. The molecule has 1 aromatic rings. The molecule has 0 aliphatic carbocycles. The molecule has 0 saturated carbocycles. The molecule has 0 atom stereocenters. The lowest BCUT2D eigenvalue weighted by Crippen LogP contribution is -2.06. The van der Waals surface area contributed by atoms with Crippen molar-refractivity contribution in [3.05, 3.63) is 23.8 Å². The summed E-state index contributed by atoms with van der Waals surface area (Å²) in [5.74, 6) is 0.761. The predicted molar refractivity (Wildman–Crippen MR) is 74.4 cm³/mol. The molecule has 19 heavy (non-hydrogen) atoms. The number of nitrogens with two attached hydrogens (primary N) is 1. The van der Waals surface area contributed by atoms with Gasteiger partial charge in [0.05, 0.1) is 26.9 Å². The smallest absolute Gasteiger partial charge is 0.126 e. The number of benzene rings is 1. The fourth-order valence-corrected chi connectivity index (χ4v) is 1.57. The molecule has 2 N–H and O–H groups in total. The largest absolute Gasteiger partial charge is 0.496 e. The summed E-state index contributed by atoms with van der Waals surface area (Å²) in [5.41, 5.74) is 7.37. The van der Waals surface area contributed by atoms with Crippen molar-refractivity contribution in [1.82, 2.24) is 0 Å². The Morgan fingerprint density at radius 3 is 2.53 bits per heavy atom. The maximum absolute atomic E-state index is 5.69. The zero-order chi connectivity index (χ0) is 13.9. The molecular weight excluding hydrogens is 246 g/mol. The van der Waals surface area contributed by atoms with Gasteiger partial charge in [-0.25, -0.2) is 0 Å². The van der Waals surface area contributed by atoms with E-state index in [4.69, 9.17) is 24.7 Å². The van der Waals surface area contributed by atoms with E-state index in [2.05, 4.69) is 0 Å². The van der Waals surface area contributed by atoms with Gasteiger partial charge < -0.3 is 24.7 Å². The van der Waals surface area contributed by atoms with Crippen LogP contribution in [-0.2, 0) is 20.8 Å². The Labute approximate surface area is 114 Å². The molecule has 0 bridgehead atoms. The average molecular weight is 269 g/mol. The van der Waals surface area contributed by atoms with Gasteiger partial charge in [0.2, 0.25) is 0 Å². The third-order valence-corrected chi connectivity index (χ3v) is 2.58. The molecular formula is C14H23NO4. The molecule has 0 unspecified atom stereocenters. The molecule has 0 saturated heterocycles. The summed E-state index contributed by atoms with van der Waals surface area (Å²) in [6, 6.07) is 5.56. The van der Waals surface area contributed by atoms with Crippen molar-refractivity contribution in [3.63, 3.8) is 0 Å². The Balaban J connectivity index is 2.15.